The van der Waals surface area contributed by atoms with Gasteiger partial charge in [0.15, 0.2) is 5.96 Å². The molecule has 0 bridgehead atoms. The van der Waals surface area contributed by atoms with Gasteiger partial charge in [0.1, 0.15) is 17.1 Å². The summed E-state index contributed by atoms with van der Waals surface area (Å²) in [6.07, 6.45) is 1.32. The number of hydrogen-bond donors (Lipinski definition) is 2. The van der Waals surface area contributed by atoms with Crippen LogP contribution in [-0.4, -0.2) is 69.0 Å². The predicted molar refractivity (Wildman–Crippen MR) is 114 cm³/mol. The van der Waals surface area contributed by atoms with Crippen molar-refractivity contribution in [1.29, 1.82) is 0 Å². The van der Waals surface area contributed by atoms with E-state index in [1.165, 1.54) is 0 Å². The number of carbonyl (C=O) groups is 1. The first-order valence-corrected chi connectivity index (χ1v) is 10.0. The van der Waals surface area contributed by atoms with Crippen LogP contribution in [0, 0.1) is 0 Å². The molecule has 0 aromatic heterocycles. The maximum absolute atomic E-state index is 11.9. The Morgan fingerprint density at radius 2 is 2.07 bits per heavy atom. The second-order valence-electron chi connectivity index (χ2n) is 7.93. The number of aliphatic imine (C=N–C) groups is 1. The Morgan fingerprint density at radius 1 is 1.31 bits per heavy atom. The molecule has 2 rings (SSSR count). The third-order valence-corrected chi connectivity index (χ3v) is 4.33. The first-order valence-electron chi connectivity index (χ1n) is 10.0. The smallest absolute Gasteiger partial charge is 0.407 e. The second kappa shape index (κ2) is 10.8. The Bertz CT molecular complexity index is 688. The van der Waals surface area contributed by atoms with Crippen LogP contribution in [0.2, 0.25) is 0 Å². The quantitative estimate of drug-likeness (QED) is 0.411. The van der Waals surface area contributed by atoms with Gasteiger partial charge >= 0.3 is 6.09 Å². The molecule has 1 aromatic carbocycles. The molecule has 1 aromatic rings. The fourth-order valence-corrected chi connectivity index (χ4v) is 3.03. The van der Waals surface area contributed by atoms with Crippen molar-refractivity contribution < 1.29 is 19.0 Å². The van der Waals surface area contributed by atoms with Crippen LogP contribution in [-0.2, 0) is 4.74 Å². The summed E-state index contributed by atoms with van der Waals surface area (Å²) in [6, 6.07) is 7.63. The average Bonchev–Trinajstić information content (AvgIpc) is 3.11. The summed E-state index contributed by atoms with van der Waals surface area (Å²) in [5.41, 5.74) is -0.493. The number of alkyl carbamates (subject to hydrolysis) is 1. The van der Waals surface area contributed by atoms with Crippen molar-refractivity contribution in [3.8, 4) is 11.5 Å². The van der Waals surface area contributed by atoms with Crippen molar-refractivity contribution >= 4 is 12.1 Å². The maximum Gasteiger partial charge on any atom is 0.407 e. The molecule has 1 aliphatic rings. The van der Waals surface area contributed by atoms with E-state index in [9.17, 15) is 4.79 Å². The minimum atomic E-state index is -0.493. The van der Waals surface area contributed by atoms with Gasteiger partial charge in [-0.25, -0.2) is 4.79 Å². The highest BCUT2D eigenvalue weighted by molar-refractivity contribution is 5.80. The summed E-state index contributed by atoms with van der Waals surface area (Å²) in [7, 11) is 3.41. The molecule has 8 nitrogen and oxygen atoms in total. The molecule has 0 aliphatic carbocycles. The topological polar surface area (TPSA) is 84.4 Å². The summed E-state index contributed by atoms with van der Waals surface area (Å²) in [5, 5.41) is 6.29. The average molecular weight is 407 g/mol. The van der Waals surface area contributed by atoms with Crippen molar-refractivity contribution in [1.82, 2.24) is 15.5 Å². The summed E-state index contributed by atoms with van der Waals surface area (Å²) in [4.78, 5) is 18.4. The maximum atomic E-state index is 11.9. The van der Waals surface area contributed by atoms with Crippen LogP contribution in [0.15, 0.2) is 29.3 Å². The van der Waals surface area contributed by atoms with Gasteiger partial charge in [-0.2, -0.15) is 0 Å². The monoisotopic (exact) mass is 406 g/mol. The Kier molecular flexibility index (Phi) is 8.42. The van der Waals surface area contributed by atoms with E-state index in [0.717, 1.165) is 43.4 Å². The molecule has 1 aliphatic heterocycles. The molecule has 1 saturated heterocycles. The van der Waals surface area contributed by atoms with Gasteiger partial charge in [0.25, 0.3) is 0 Å². The molecule has 0 spiro atoms. The normalized spacial score (nSPS) is 17.1. The molecule has 1 atom stereocenters. The zero-order chi connectivity index (χ0) is 21.3. The van der Waals surface area contributed by atoms with Crippen LogP contribution < -0.4 is 20.1 Å². The summed E-state index contributed by atoms with van der Waals surface area (Å²) >= 11 is 0. The van der Waals surface area contributed by atoms with E-state index in [2.05, 4.69) is 20.5 Å². The van der Waals surface area contributed by atoms with E-state index in [1.807, 2.05) is 45.0 Å². The van der Waals surface area contributed by atoms with E-state index in [-0.39, 0.29) is 12.1 Å². The van der Waals surface area contributed by atoms with Gasteiger partial charge in [0.05, 0.1) is 19.8 Å². The highest BCUT2D eigenvalue weighted by Crippen LogP contribution is 2.18. The van der Waals surface area contributed by atoms with Crippen LogP contribution in [0.3, 0.4) is 0 Å². The molecule has 1 amide bonds. The lowest BCUT2D eigenvalue weighted by atomic mass is 10.2. The third-order valence-electron chi connectivity index (χ3n) is 4.33. The molecule has 0 saturated carbocycles. The van der Waals surface area contributed by atoms with Gasteiger partial charge < -0.3 is 29.7 Å². The molecular weight excluding hydrogens is 372 g/mol. The highest BCUT2D eigenvalue weighted by atomic mass is 16.6. The van der Waals surface area contributed by atoms with E-state index < -0.39 is 5.60 Å². The van der Waals surface area contributed by atoms with Crippen LogP contribution >= 0.6 is 0 Å². The number of guanidine groups is 1. The van der Waals surface area contributed by atoms with E-state index in [4.69, 9.17) is 14.2 Å². The van der Waals surface area contributed by atoms with Crippen molar-refractivity contribution in [2.24, 2.45) is 4.99 Å². The van der Waals surface area contributed by atoms with Crippen LogP contribution in [0.1, 0.15) is 33.6 Å². The number of amides is 1. The van der Waals surface area contributed by atoms with E-state index in [1.54, 1.807) is 14.2 Å². The van der Waals surface area contributed by atoms with Gasteiger partial charge in [-0.1, -0.05) is 6.07 Å². The Balaban J connectivity index is 1.67. The van der Waals surface area contributed by atoms with Crippen LogP contribution in [0.5, 0.6) is 11.5 Å². The molecule has 29 heavy (non-hydrogen) atoms. The zero-order valence-electron chi connectivity index (χ0n) is 18.2. The zero-order valence-corrected chi connectivity index (χ0v) is 18.2. The summed E-state index contributed by atoms with van der Waals surface area (Å²) in [5.74, 6) is 2.41. The number of methoxy groups -OCH3 is 1. The van der Waals surface area contributed by atoms with Crippen molar-refractivity contribution in [3.05, 3.63) is 24.3 Å². The van der Waals surface area contributed by atoms with E-state index in [0.29, 0.717) is 13.2 Å². The number of nitrogens with one attached hydrogen (secondary N) is 2. The Labute approximate surface area is 173 Å². The molecular formula is C21H34N4O4. The number of ether oxygens (including phenoxy) is 3. The van der Waals surface area contributed by atoms with Gasteiger partial charge in [0.2, 0.25) is 0 Å². The molecule has 162 valence electrons. The molecule has 2 N–H and O–H groups in total. The number of carbonyl (C=O) groups excluding carboxylic acids is 1. The number of likely N-dealkylation sites (tertiary alicyclic amines) is 1. The van der Waals surface area contributed by atoms with Crippen molar-refractivity contribution in [2.75, 3.05) is 40.4 Å². The lowest BCUT2D eigenvalue weighted by Gasteiger charge is -2.23. The largest absolute Gasteiger partial charge is 0.497 e. The molecule has 0 radical (unpaired) electrons. The molecule has 1 unspecified atom stereocenters. The number of benzene rings is 1. The molecule has 8 heteroatoms. The van der Waals surface area contributed by atoms with Crippen LogP contribution in [0.25, 0.3) is 0 Å². The SMILES string of the molecule is CN=C(NCCCOc1cccc(OC)c1)N1CCC(NC(=O)OC(C)(C)C)C1. The number of hydrogen-bond acceptors (Lipinski definition) is 5. The van der Waals surface area contributed by atoms with Gasteiger partial charge in [0, 0.05) is 32.7 Å². The van der Waals surface area contributed by atoms with Crippen LogP contribution in [0.4, 0.5) is 4.79 Å². The Morgan fingerprint density at radius 3 is 2.76 bits per heavy atom. The molecule has 1 heterocycles. The van der Waals surface area contributed by atoms with Crippen molar-refractivity contribution in [3.63, 3.8) is 0 Å². The first kappa shape index (κ1) is 22.6. The minimum absolute atomic E-state index is 0.0554. The highest BCUT2D eigenvalue weighted by Gasteiger charge is 2.27. The fraction of sp³-hybridized carbons (Fsp3) is 0.619. The summed E-state index contributed by atoms with van der Waals surface area (Å²) < 4.78 is 16.3. The number of rotatable bonds is 7. The third kappa shape index (κ3) is 8.09. The lowest BCUT2D eigenvalue weighted by molar-refractivity contribution is 0.0507. The second-order valence-corrected chi connectivity index (χ2v) is 7.93. The minimum Gasteiger partial charge on any atom is -0.497 e. The lowest BCUT2D eigenvalue weighted by Crippen LogP contribution is -2.44. The predicted octanol–water partition coefficient (Wildman–Crippen LogP) is 2.64. The fourth-order valence-electron chi connectivity index (χ4n) is 3.03. The van der Waals surface area contributed by atoms with Gasteiger partial charge in [-0.15, -0.1) is 0 Å². The standard InChI is InChI=1S/C21H34N4O4/c1-21(2,3)29-20(26)24-16-10-12-25(15-16)19(22-4)23-11-7-13-28-18-9-6-8-17(14-18)27-5/h6,8-9,14,16H,7,10-13,15H2,1-5H3,(H,22,23)(H,24,26). The number of nitrogens with zero attached hydrogens (tertiary/aromatic N) is 2. The van der Waals surface area contributed by atoms with Gasteiger partial charge in [-0.3, -0.25) is 4.99 Å². The Hall–Kier alpha value is -2.64. The molecule has 1 fully saturated rings. The summed E-state index contributed by atoms with van der Waals surface area (Å²) in [6.45, 7) is 8.46. The van der Waals surface area contributed by atoms with Crippen molar-refractivity contribution in [2.45, 2.75) is 45.3 Å². The first-order chi connectivity index (χ1) is 13.8. The van der Waals surface area contributed by atoms with E-state index >= 15 is 0 Å². The van der Waals surface area contributed by atoms with Gasteiger partial charge in [-0.05, 0) is 45.7 Å².